The van der Waals surface area contributed by atoms with Gasteiger partial charge in [-0.25, -0.2) is 17.8 Å². The van der Waals surface area contributed by atoms with Gasteiger partial charge in [0.15, 0.2) is 0 Å². The van der Waals surface area contributed by atoms with Crippen LogP contribution in [0.15, 0.2) is 47.4 Å². The molecule has 0 bridgehead atoms. The first-order valence-electron chi connectivity index (χ1n) is 7.06. The van der Waals surface area contributed by atoms with E-state index in [1.54, 1.807) is 27.1 Å². The minimum Gasteiger partial charge on any atom is -0.285 e. The summed E-state index contributed by atoms with van der Waals surface area (Å²) in [6.45, 7) is 1.72. The van der Waals surface area contributed by atoms with E-state index in [-0.39, 0.29) is 16.1 Å². The number of hydrogen-bond donors (Lipinski definition) is 2. The number of nitrogens with one attached hydrogen (secondary N) is 2. The molecule has 0 spiro atoms. The van der Waals surface area contributed by atoms with Gasteiger partial charge in [-0.15, -0.1) is 0 Å². The van der Waals surface area contributed by atoms with Gasteiger partial charge in [0, 0.05) is 25.3 Å². The van der Waals surface area contributed by atoms with Crippen molar-refractivity contribution >= 4 is 21.6 Å². The van der Waals surface area contributed by atoms with Crippen LogP contribution in [0.5, 0.6) is 0 Å². The Hall–Kier alpha value is -2.45. The summed E-state index contributed by atoms with van der Waals surface area (Å²) in [5.41, 5.74) is 3.71. The third-order valence-electron chi connectivity index (χ3n) is 3.19. The number of hydrazine groups is 1. The molecule has 0 fully saturated rings. The third kappa shape index (κ3) is 4.30. The molecule has 0 unspecified atom stereocenters. The highest BCUT2D eigenvalue weighted by Crippen LogP contribution is 2.19. The van der Waals surface area contributed by atoms with E-state index in [4.69, 9.17) is 0 Å². The van der Waals surface area contributed by atoms with Crippen LogP contribution in [0.4, 0.5) is 10.1 Å². The molecule has 8 heteroatoms. The minimum atomic E-state index is -3.89. The number of aryl methyl sites for hydroxylation is 1. The molecule has 0 aliphatic heterocycles. The molecule has 2 N–H and O–H groups in total. The van der Waals surface area contributed by atoms with Gasteiger partial charge in [-0.05, 0) is 48.9 Å². The van der Waals surface area contributed by atoms with Gasteiger partial charge in [-0.3, -0.25) is 14.9 Å². The molecule has 0 saturated heterocycles. The summed E-state index contributed by atoms with van der Waals surface area (Å²) in [6.07, 6.45) is 0. The first kappa shape index (κ1) is 17.9. The number of carbonyl (C=O) groups is 1. The van der Waals surface area contributed by atoms with Gasteiger partial charge in [0.05, 0.1) is 4.90 Å². The van der Waals surface area contributed by atoms with Crippen molar-refractivity contribution in [2.45, 2.75) is 11.8 Å². The number of halogens is 1. The quantitative estimate of drug-likeness (QED) is 0.809. The molecule has 2 aromatic carbocycles. The molecule has 0 atom stereocenters. The molecule has 0 heterocycles. The second kappa shape index (κ2) is 6.98. The van der Waals surface area contributed by atoms with Gasteiger partial charge in [0.25, 0.3) is 15.9 Å². The van der Waals surface area contributed by atoms with Crippen LogP contribution in [-0.4, -0.2) is 33.4 Å². The zero-order chi connectivity index (χ0) is 17.9. The molecule has 0 aliphatic rings. The van der Waals surface area contributed by atoms with Crippen molar-refractivity contribution in [3.8, 4) is 0 Å². The highest BCUT2D eigenvalue weighted by molar-refractivity contribution is 7.92. The monoisotopic (exact) mass is 351 g/mol. The number of nitrogens with zero attached hydrogens (tertiary/aromatic N) is 1. The van der Waals surface area contributed by atoms with Crippen LogP contribution in [0.25, 0.3) is 0 Å². The number of hydrogen-bond acceptors (Lipinski definition) is 4. The summed E-state index contributed by atoms with van der Waals surface area (Å²) >= 11 is 0. The van der Waals surface area contributed by atoms with Gasteiger partial charge >= 0.3 is 0 Å². The molecule has 0 radical (unpaired) electrons. The standard InChI is InChI=1S/C16H18FN3O3S/c1-11-4-9-14(10-15(11)16(21)18-20(2)3)24(22,23)19-13-7-5-12(17)6-8-13/h4-10,19H,1-3H3,(H,18,21). The molecule has 2 rings (SSSR count). The van der Waals surface area contributed by atoms with Crippen molar-refractivity contribution in [1.29, 1.82) is 0 Å². The van der Waals surface area contributed by atoms with Crippen molar-refractivity contribution in [1.82, 2.24) is 10.4 Å². The maximum Gasteiger partial charge on any atom is 0.265 e. The fraction of sp³-hybridized carbons (Fsp3) is 0.188. The number of benzene rings is 2. The third-order valence-corrected chi connectivity index (χ3v) is 4.56. The predicted octanol–water partition coefficient (Wildman–Crippen LogP) is 2.14. The summed E-state index contributed by atoms with van der Waals surface area (Å²) in [4.78, 5) is 12.1. The predicted molar refractivity (Wildman–Crippen MR) is 89.5 cm³/mol. The molecule has 0 aromatic heterocycles. The second-order valence-corrected chi connectivity index (χ2v) is 7.11. The van der Waals surface area contributed by atoms with Crippen LogP contribution < -0.4 is 10.1 Å². The lowest BCUT2D eigenvalue weighted by Crippen LogP contribution is -2.36. The van der Waals surface area contributed by atoms with E-state index in [0.717, 1.165) is 12.1 Å². The normalized spacial score (nSPS) is 11.4. The van der Waals surface area contributed by atoms with Crippen molar-refractivity contribution < 1.29 is 17.6 Å². The van der Waals surface area contributed by atoms with Crippen LogP contribution in [0, 0.1) is 12.7 Å². The number of amides is 1. The largest absolute Gasteiger partial charge is 0.285 e. The molecule has 6 nitrogen and oxygen atoms in total. The van der Waals surface area contributed by atoms with E-state index in [0.29, 0.717) is 5.56 Å². The molecule has 0 saturated carbocycles. The summed E-state index contributed by atoms with van der Waals surface area (Å²) in [5.74, 6) is -0.868. The fourth-order valence-corrected chi connectivity index (χ4v) is 3.09. The second-order valence-electron chi connectivity index (χ2n) is 5.42. The Morgan fingerprint density at radius 3 is 2.29 bits per heavy atom. The van der Waals surface area contributed by atoms with Crippen LogP contribution in [0.3, 0.4) is 0 Å². The van der Waals surface area contributed by atoms with E-state index in [1.807, 2.05) is 0 Å². The highest BCUT2D eigenvalue weighted by Gasteiger charge is 2.18. The summed E-state index contributed by atoms with van der Waals surface area (Å²) in [6, 6.07) is 9.23. The summed E-state index contributed by atoms with van der Waals surface area (Å²) in [7, 11) is -0.580. The Morgan fingerprint density at radius 1 is 1.08 bits per heavy atom. The zero-order valence-corrected chi connectivity index (χ0v) is 14.3. The van der Waals surface area contributed by atoms with Crippen LogP contribution in [0.2, 0.25) is 0 Å². The number of sulfonamides is 1. The van der Waals surface area contributed by atoms with Crippen LogP contribution in [0.1, 0.15) is 15.9 Å². The van der Waals surface area contributed by atoms with Crippen LogP contribution in [-0.2, 0) is 10.0 Å². The first-order chi connectivity index (χ1) is 11.2. The molecule has 128 valence electrons. The number of rotatable bonds is 5. The van der Waals surface area contributed by atoms with Crippen molar-refractivity contribution in [3.63, 3.8) is 0 Å². The lowest BCUT2D eigenvalue weighted by atomic mass is 10.1. The first-order valence-corrected chi connectivity index (χ1v) is 8.55. The zero-order valence-electron chi connectivity index (χ0n) is 13.5. The maximum atomic E-state index is 12.9. The topological polar surface area (TPSA) is 78.5 Å². The Labute approximate surface area is 140 Å². The summed E-state index contributed by atoms with van der Waals surface area (Å²) < 4.78 is 40.2. The van der Waals surface area contributed by atoms with E-state index >= 15 is 0 Å². The van der Waals surface area contributed by atoms with Crippen molar-refractivity contribution in [3.05, 3.63) is 59.4 Å². The number of anilines is 1. The Balaban J connectivity index is 2.33. The molecular formula is C16H18FN3O3S. The fourth-order valence-electron chi connectivity index (χ4n) is 2.01. The average molecular weight is 351 g/mol. The number of carbonyl (C=O) groups excluding carboxylic acids is 1. The molecule has 1 amide bonds. The van der Waals surface area contributed by atoms with E-state index in [9.17, 15) is 17.6 Å². The van der Waals surface area contributed by atoms with E-state index < -0.39 is 21.7 Å². The van der Waals surface area contributed by atoms with Gasteiger partial charge < -0.3 is 0 Å². The van der Waals surface area contributed by atoms with Crippen molar-refractivity contribution in [2.24, 2.45) is 0 Å². The SMILES string of the molecule is Cc1ccc(S(=O)(=O)Nc2ccc(F)cc2)cc1C(=O)NN(C)C. The lowest BCUT2D eigenvalue weighted by molar-refractivity contribution is 0.0856. The molecule has 2 aromatic rings. The minimum absolute atomic E-state index is 0.0543. The van der Waals surface area contributed by atoms with E-state index in [2.05, 4.69) is 10.1 Å². The Bertz CT molecular complexity index is 849. The van der Waals surface area contributed by atoms with Crippen molar-refractivity contribution in [2.75, 3.05) is 18.8 Å². The van der Waals surface area contributed by atoms with Gasteiger partial charge in [-0.2, -0.15) is 0 Å². The van der Waals surface area contributed by atoms with E-state index in [1.165, 1.54) is 29.3 Å². The molecule has 0 aliphatic carbocycles. The van der Waals surface area contributed by atoms with Crippen LogP contribution >= 0.6 is 0 Å². The van der Waals surface area contributed by atoms with Gasteiger partial charge in [-0.1, -0.05) is 6.07 Å². The molecular weight excluding hydrogens is 333 g/mol. The Kier molecular flexibility index (Phi) is 5.20. The van der Waals surface area contributed by atoms with Gasteiger partial charge in [0.2, 0.25) is 0 Å². The molecule has 24 heavy (non-hydrogen) atoms. The highest BCUT2D eigenvalue weighted by atomic mass is 32.2. The average Bonchev–Trinajstić information content (AvgIpc) is 2.49. The van der Waals surface area contributed by atoms with Gasteiger partial charge in [0.1, 0.15) is 5.82 Å². The maximum absolute atomic E-state index is 12.9. The summed E-state index contributed by atoms with van der Waals surface area (Å²) in [5, 5.41) is 1.47. The Morgan fingerprint density at radius 2 is 1.71 bits per heavy atom. The smallest absolute Gasteiger partial charge is 0.265 e. The lowest BCUT2D eigenvalue weighted by Gasteiger charge is -2.14.